The highest BCUT2D eigenvalue weighted by molar-refractivity contribution is 5.86. The first kappa shape index (κ1) is 18.0. The number of hydrogen-bond donors (Lipinski definition) is 3. The Labute approximate surface area is 142 Å². The van der Waals surface area contributed by atoms with E-state index in [2.05, 4.69) is 17.2 Å². The van der Waals surface area contributed by atoms with Gasteiger partial charge in [-0.25, -0.2) is 0 Å². The lowest BCUT2D eigenvalue weighted by Crippen LogP contribution is -2.24. The first-order valence-corrected chi connectivity index (χ1v) is 8.11. The van der Waals surface area contributed by atoms with Crippen LogP contribution >= 0.6 is 0 Å². The second-order valence-corrected chi connectivity index (χ2v) is 5.59. The van der Waals surface area contributed by atoms with E-state index in [0.29, 0.717) is 18.8 Å². The van der Waals surface area contributed by atoms with Gasteiger partial charge in [0.15, 0.2) is 6.29 Å². The van der Waals surface area contributed by atoms with Gasteiger partial charge in [0.2, 0.25) is 5.91 Å². The van der Waals surface area contributed by atoms with Gasteiger partial charge in [0.25, 0.3) is 0 Å². The Hall–Kier alpha value is -2.31. The molecule has 0 radical (unpaired) electrons. The summed E-state index contributed by atoms with van der Waals surface area (Å²) in [7, 11) is 0. The second-order valence-electron chi connectivity index (χ2n) is 5.59. The van der Waals surface area contributed by atoms with Gasteiger partial charge < -0.3 is 25.8 Å². The normalized spacial score (nSPS) is 18.0. The van der Waals surface area contributed by atoms with Crippen LogP contribution in [0.25, 0.3) is 0 Å². The van der Waals surface area contributed by atoms with Crippen molar-refractivity contribution in [1.82, 2.24) is 5.32 Å². The van der Waals surface area contributed by atoms with Gasteiger partial charge in [0.1, 0.15) is 0 Å². The molecule has 1 atom stereocenters. The van der Waals surface area contributed by atoms with Crippen LogP contribution in [-0.2, 0) is 20.8 Å². The molecule has 1 aromatic rings. The van der Waals surface area contributed by atoms with Crippen LogP contribution in [0.2, 0.25) is 0 Å². The van der Waals surface area contributed by atoms with Crippen molar-refractivity contribution in [2.24, 2.45) is 5.73 Å². The van der Waals surface area contributed by atoms with Gasteiger partial charge in [-0.15, -0.1) is 0 Å². The van der Waals surface area contributed by atoms with E-state index in [0.717, 1.165) is 37.1 Å². The second kappa shape index (κ2) is 9.75. The zero-order chi connectivity index (χ0) is 17.2. The van der Waals surface area contributed by atoms with Crippen LogP contribution in [0.3, 0.4) is 0 Å². The van der Waals surface area contributed by atoms with Crippen LogP contribution in [0.5, 0.6) is 0 Å². The van der Waals surface area contributed by atoms with Crippen LogP contribution in [0, 0.1) is 0 Å². The van der Waals surface area contributed by atoms with Crippen LogP contribution in [0.4, 0.5) is 5.69 Å². The summed E-state index contributed by atoms with van der Waals surface area (Å²) in [4.78, 5) is 11.1. The molecule has 1 aromatic carbocycles. The smallest absolute Gasteiger partial charge is 0.243 e. The van der Waals surface area contributed by atoms with E-state index in [4.69, 9.17) is 15.2 Å². The Kier molecular flexibility index (Phi) is 7.32. The van der Waals surface area contributed by atoms with Crippen molar-refractivity contribution < 1.29 is 14.3 Å². The summed E-state index contributed by atoms with van der Waals surface area (Å²) in [6, 6.07) is 7.71. The van der Waals surface area contributed by atoms with E-state index in [1.807, 2.05) is 24.3 Å². The lowest BCUT2D eigenvalue weighted by molar-refractivity contribution is -0.157. The zero-order valence-electron chi connectivity index (χ0n) is 13.8. The maximum Gasteiger partial charge on any atom is 0.243 e. The van der Waals surface area contributed by atoms with Crippen molar-refractivity contribution in [2.75, 3.05) is 18.5 Å². The minimum Gasteiger partial charge on any atom is -0.399 e. The minimum absolute atomic E-state index is 0.143. The summed E-state index contributed by atoms with van der Waals surface area (Å²) < 4.78 is 11.1. The van der Waals surface area contributed by atoms with Crippen LogP contribution < -0.4 is 16.4 Å². The molecule has 4 N–H and O–H groups in total. The number of anilines is 1. The Bertz CT molecular complexity index is 563. The van der Waals surface area contributed by atoms with Gasteiger partial charge >= 0.3 is 0 Å². The summed E-state index contributed by atoms with van der Waals surface area (Å²) in [6.07, 6.45) is 5.98. The first-order chi connectivity index (χ1) is 11.7. The molecule has 130 valence electrons. The molecule has 1 saturated heterocycles. The number of carbonyl (C=O) groups is 1. The third kappa shape index (κ3) is 6.44. The number of hydrogen-bond acceptors (Lipinski definition) is 5. The Balaban J connectivity index is 1.73. The highest BCUT2D eigenvalue weighted by Gasteiger charge is 2.13. The molecular weight excluding hydrogens is 306 g/mol. The molecule has 0 bridgehead atoms. The summed E-state index contributed by atoms with van der Waals surface area (Å²) in [5.41, 5.74) is 8.44. The van der Waals surface area contributed by atoms with Crippen LogP contribution in [-0.4, -0.2) is 25.4 Å². The third-order valence-electron chi connectivity index (χ3n) is 3.60. The average Bonchev–Trinajstić information content (AvgIpc) is 2.64. The number of carbonyl (C=O) groups excluding carboxylic acids is 1. The molecule has 1 amide bonds. The van der Waals surface area contributed by atoms with Gasteiger partial charge in [-0.1, -0.05) is 18.7 Å². The maximum atomic E-state index is 11.1. The van der Waals surface area contributed by atoms with Gasteiger partial charge in [0.05, 0.1) is 12.3 Å². The average molecular weight is 331 g/mol. The van der Waals surface area contributed by atoms with Crippen molar-refractivity contribution in [3.63, 3.8) is 0 Å². The highest BCUT2D eigenvalue weighted by Crippen LogP contribution is 2.14. The van der Waals surface area contributed by atoms with Crippen LogP contribution in [0.1, 0.15) is 24.8 Å². The SMILES string of the molecule is C=CC(=O)NCc1ccc(N/C=C(\N)COC2CCCCO2)cc1. The van der Waals surface area contributed by atoms with Crippen molar-refractivity contribution >= 4 is 11.6 Å². The summed E-state index contributed by atoms with van der Waals surface area (Å²) in [5, 5.41) is 5.85. The van der Waals surface area contributed by atoms with E-state index >= 15 is 0 Å². The summed E-state index contributed by atoms with van der Waals surface area (Å²) in [6.45, 7) is 4.98. The molecule has 6 heteroatoms. The third-order valence-corrected chi connectivity index (χ3v) is 3.60. The number of amides is 1. The maximum absolute atomic E-state index is 11.1. The quantitative estimate of drug-likeness (QED) is 0.636. The molecule has 1 unspecified atom stereocenters. The molecule has 1 heterocycles. The van der Waals surface area contributed by atoms with E-state index in [1.54, 1.807) is 6.20 Å². The monoisotopic (exact) mass is 331 g/mol. The Morgan fingerprint density at radius 3 is 2.83 bits per heavy atom. The summed E-state index contributed by atoms with van der Waals surface area (Å²) in [5.74, 6) is -0.185. The van der Waals surface area contributed by atoms with E-state index in [-0.39, 0.29) is 12.2 Å². The number of benzene rings is 1. The fourth-order valence-electron chi connectivity index (χ4n) is 2.23. The molecule has 2 rings (SSSR count). The first-order valence-electron chi connectivity index (χ1n) is 8.11. The van der Waals surface area contributed by atoms with Crippen LogP contribution in [0.15, 0.2) is 48.8 Å². The van der Waals surface area contributed by atoms with E-state index in [1.165, 1.54) is 6.08 Å². The van der Waals surface area contributed by atoms with E-state index in [9.17, 15) is 4.79 Å². The predicted molar refractivity (Wildman–Crippen MR) is 93.9 cm³/mol. The molecule has 6 nitrogen and oxygen atoms in total. The lowest BCUT2D eigenvalue weighted by atomic mass is 10.2. The summed E-state index contributed by atoms with van der Waals surface area (Å²) >= 11 is 0. The fourth-order valence-corrected chi connectivity index (χ4v) is 2.23. The van der Waals surface area contributed by atoms with Gasteiger partial charge in [0, 0.05) is 25.0 Å². The number of nitrogens with two attached hydrogens (primary N) is 1. The van der Waals surface area contributed by atoms with E-state index < -0.39 is 0 Å². The zero-order valence-corrected chi connectivity index (χ0v) is 13.8. The molecular formula is C18H25N3O3. The molecule has 1 aliphatic rings. The number of rotatable bonds is 8. The van der Waals surface area contributed by atoms with Gasteiger partial charge in [-0.2, -0.15) is 0 Å². The number of nitrogens with one attached hydrogen (secondary N) is 2. The Morgan fingerprint density at radius 1 is 1.38 bits per heavy atom. The molecule has 0 spiro atoms. The lowest BCUT2D eigenvalue weighted by Gasteiger charge is -2.22. The Morgan fingerprint density at radius 2 is 2.17 bits per heavy atom. The standard InChI is InChI=1S/C18H25N3O3/c1-2-17(22)21-11-14-6-8-16(9-7-14)20-12-15(19)13-24-18-5-3-4-10-23-18/h2,6-9,12,18,20H,1,3-5,10-11,13,19H2,(H,21,22)/b15-12-. The molecule has 1 fully saturated rings. The highest BCUT2D eigenvalue weighted by atomic mass is 16.7. The molecule has 24 heavy (non-hydrogen) atoms. The molecule has 0 aliphatic carbocycles. The predicted octanol–water partition coefficient (Wildman–Crippen LogP) is 2.24. The van der Waals surface area contributed by atoms with Crippen molar-refractivity contribution in [3.05, 3.63) is 54.4 Å². The molecule has 0 aromatic heterocycles. The molecule has 1 aliphatic heterocycles. The largest absolute Gasteiger partial charge is 0.399 e. The van der Waals surface area contributed by atoms with Crippen molar-refractivity contribution in [2.45, 2.75) is 32.1 Å². The minimum atomic E-state index is -0.185. The number of ether oxygens (including phenoxy) is 2. The van der Waals surface area contributed by atoms with Gasteiger partial charge in [-0.3, -0.25) is 4.79 Å². The van der Waals surface area contributed by atoms with Crippen molar-refractivity contribution in [1.29, 1.82) is 0 Å². The fraction of sp³-hybridized carbons (Fsp3) is 0.389. The van der Waals surface area contributed by atoms with Gasteiger partial charge in [-0.05, 0) is 43.0 Å². The van der Waals surface area contributed by atoms with Crippen molar-refractivity contribution in [3.8, 4) is 0 Å². The molecule has 0 saturated carbocycles. The topological polar surface area (TPSA) is 85.6 Å².